The first-order valence-electron chi connectivity index (χ1n) is 5.57. The lowest BCUT2D eigenvalue weighted by Crippen LogP contribution is -2.43. The summed E-state index contributed by atoms with van der Waals surface area (Å²) in [5.41, 5.74) is 5.65. The molecule has 1 fully saturated rings. The normalized spacial score (nSPS) is 25.8. The average molecular weight is 222 g/mol. The molecule has 1 aromatic heterocycles. The lowest BCUT2D eigenvalue weighted by atomic mass is 9.97. The second-order valence-electron chi connectivity index (χ2n) is 4.27. The predicted molar refractivity (Wildman–Crippen MR) is 63.2 cm³/mol. The third-order valence-corrected chi connectivity index (χ3v) is 3.08. The fraction of sp³-hybridized carbons (Fsp3) is 0.636. The van der Waals surface area contributed by atoms with Crippen LogP contribution in [-0.4, -0.2) is 36.3 Å². The number of nitrogen functional groups attached to an aromatic ring is 1. The van der Waals surface area contributed by atoms with Crippen LogP contribution < -0.4 is 10.6 Å². The van der Waals surface area contributed by atoms with Gasteiger partial charge in [0, 0.05) is 26.4 Å². The molecule has 5 heteroatoms. The Morgan fingerprint density at radius 1 is 1.56 bits per heavy atom. The Balaban J connectivity index is 2.07. The van der Waals surface area contributed by atoms with Crippen LogP contribution in [0.25, 0.3) is 0 Å². The molecule has 2 atom stereocenters. The van der Waals surface area contributed by atoms with Crippen molar-refractivity contribution in [2.24, 2.45) is 5.92 Å². The number of hydrogen-bond acceptors (Lipinski definition) is 5. The Hall–Kier alpha value is -1.36. The Kier molecular flexibility index (Phi) is 3.24. The molecule has 88 valence electrons. The first-order chi connectivity index (χ1) is 7.70. The van der Waals surface area contributed by atoms with Crippen LogP contribution in [0, 0.1) is 5.92 Å². The zero-order valence-corrected chi connectivity index (χ0v) is 9.76. The molecular formula is C11H18N4O. The van der Waals surface area contributed by atoms with E-state index in [1.807, 2.05) is 0 Å². The minimum Gasteiger partial charge on any atom is -0.384 e. The van der Waals surface area contributed by atoms with Crippen molar-refractivity contribution >= 4 is 11.8 Å². The molecule has 1 saturated heterocycles. The number of nitrogens with two attached hydrogens (primary N) is 1. The first-order valence-corrected chi connectivity index (χ1v) is 5.57. The van der Waals surface area contributed by atoms with E-state index >= 15 is 0 Å². The van der Waals surface area contributed by atoms with Gasteiger partial charge in [-0.25, -0.2) is 4.98 Å². The van der Waals surface area contributed by atoms with Crippen LogP contribution in [0.2, 0.25) is 0 Å². The van der Waals surface area contributed by atoms with E-state index in [1.54, 1.807) is 19.4 Å². The van der Waals surface area contributed by atoms with Gasteiger partial charge in [-0.15, -0.1) is 0 Å². The SMILES string of the molecule is COC1CCN(c2nccc(N)n2)CC1C. The van der Waals surface area contributed by atoms with Gasteiger partial charge in [0.15, 0.2) is 0 Å². The van der Waals surface area contributed by atoms with E-state index in [0.29, 0.717) is 17.8 Å². The van der Waals surface area contributed by atoms with Crippen LogP contribution in [0.1, 0.15) is 13.3 Å². The third kappa shape index (κ3) is 2.24. The summed E-state index contributed by atoms with van der Waals surface area (Å²) in [6, 6.07) is 1.70. The van der Waals surface area contributed by atoms with E-state index in [1.165, 1.54) is 0 Å². The fourth-order valence-corrected chi connectivity index (χ4v) is 2.17. The zero-order valence-electron chi connectivity index (χ0n) is 9.76. The average Bonchev–Trinajstić information content (AvgIpc) is 2.29. The van der Waals surface area contributed by atoms with Gasteiger partial charge in [-0.05, 0) is 18.4 Å². The maximum Gasteiger partial charge on any atom is 0.227 e. The molecule has 5 nitrogen and oxygen atoms in total. The van der Waals surface area contributed by atoms with Gasteiger partial charge in [-0.1, -0.05) is 6.92 Å². The molecule has 2 unspecified atom stereocenters. The minimum atomic E-state index is 0.345. The standard InChI is InChI=1S/C11H18N4O/c1-8-7-15(6-4-9(8)16-2)11-13-5-3-10(12)14-11/h3,5,8-9H,4,6-7H2,1-2H3,(H2,12,13,14). The van der Waals surface area contributed by atoms with Crippen LogP contribution in [0.15, 0.2) is 12.3 Å². The van der Waals surface area contributed by atoms with Crippen molar-refractivity contribution in [2.45, 2.75) is 19.4 Å². The Labute approximate surface area is 95.6 Å². The molecular weight excluding hydrogens is 204 g/mol. The van der Waals surface area contributed by atoms with Crippen molar-refractivity contribution in [1.29, 1.82) is 0 Å². The highest BCUT2D eigenvalue weighted by Crippen LogP contribution is 2.22. The van der Waals surface area contributed by atoms with Crippen LogP contribution in [0.4, 0.5) is 11.8 Å². The van der Waals surface area contributed by atoms with E-state index in [2.05, 4.69) is 21.8 Å². The molecule has 0 amide bonds. The van der Waals surface area contributed by atoms with E-state index in [9.17, 15) is 0 Å². The number of methoxy groups -OCH3 is 1. The minimum absolute atomic E-state index is 0.345. The highest BCUT2D eigenvalue weighted by Gasteiger charge is 2.27. The summed E-state index contributed by atoms with van der Waals surface area (Å²) in [6.45, 7) is 4.03. The molecule has 0 aliphatic carbocycles. The summed E-state index contributed by atoms with van der Waals surface area (Å²) in [5, 5.41) is 0. The van der Waals surface area contributed by atoms with Gasteiger partial charge in [0.1, 0.15) is 5.82 Å². The van der Waals surface area contributed by atoms with Crippen molar-refractivity contribution in [1.82, 2.24) is 9.97 Å². The maximum atomic E-state index is 5.65. The first kappa shape index (κ1) is 11.1. The molecule has 0 bridgehead atoms. The molecule has 2 heterocycles. The molecule has 1 aliphatic heterocycles. The summed E-state index contributed by atoms with van der Waals surface area (Å²) >= 11 is 0. The number of anilines is 2. The number of rotatable bonds is 2. The maximum absolute atomic E-state index is 5.65. The molecule has 2 N–H and O–H groups in total. The van der Waals surface area contributed by atoms with Crippen molar-refractivity contribution in [2.75, 3.05) is 30.8 Å². The smallest absolute Gasteiger partial charge is 0.227 e. The van der Waals surface area contributed by atoms with E-state index in [0.717, 1.165) is 25.5 Å². The molecule has 0 aromatic carbocycles. The predicted octanol–water partition coefficient (Wildman–Crippen LogP) is 0.920. The van der Waals surface area contributed by atoms with Gasteiger partial charge in [0.05, 0.1) is 6.10 Å². The Bertz CT molecular complexity index is 358. The molecule has 1 aromatic rings. The van der Waals surface area contributed by atoms with Crippen LogP contribution in [-0.2, 0) is 4.74 Å². The van der Waals surface area contributed by atoms with E-state index < -0.39 is 0 Å². The van der Waals surface area contributed by atoms with Gasteiger partial charge >= 0.3 is 0 Å². The molecule has 0 spiro atoms. The van der Waals surface area contributed by atoms with E-state index in [-0.39, 0.29) is 0 Å². The van der Waals surface area contributed by atoms with Crippen LogP contribution in [0.3, 0.4) is 0 Å². The number of aromatic nitrogens is 2. The van der Waals surface area contributed by atoms with E-state index in [4.69, 9.17) is 10.5 Å². The topological polar surface area (TPSA) is 64.3 Å². The number of hydrogen-bond donors (Lipinski definition) is 1. The van der Waals surface area contributed by atoms with Crippen molar-refractivity contribution in [3.8, 4) is 0 Å². The third-order valence-electron chi connectivity index (χ3n) is 3.08. The molecule has 16 heavy (non-hydrogen) atoms. The molecule has 0 radical (unpaired) electrons. The monoisotopic (exact) mass is 222 g/mol. The van der Waals surface area contributed by atoms with Gasteiger partial charge in [-0.3, -0.25) is 0 Å². The van der Waals surface area contributed by atoms with Gasteiger partial charge in [0.2, 0.25) is 5.95 Å². The quantitative estimate of drug-likeness (QED) is 0.806. The van der Waals surface area contributed by atoms with Gasteiger partial charge < -0.3 is 15.4 Å². The van der Waals surface area contributed by atoms with Gasteiger partial charge in [0.25, 0.3) is 0 Å². The molecule has 1 aliphatic rings. The number of nitrogens with zero attached hydrogens (tertiary/aromatic N) is 3. The second-order valence-corrected chi connectivity index (χ2v) is 4.27. The zero-order chi connectivity index (χ0) is 11.5. The van der Waals surface area contributed by atoms with Crippen molar-refractivity contribution in [3.05, 3.63) is 12.3 Å². The fourth-order valence-electron chi connectivity index (χ4n) is 2.17. The highest BCUT2D eigenvalue weighted by atomic mass is 16.5. The molecule has 2 rings (SSSR count). The number of ether oxygens (including phenoxy) is 1. The van der Waals surface area contributed by atoms with Gasteiger partial charge in [-0.2, -0.15) is 4.98 Å². The number of piperidine rings is 1. The second kappa shape index (κ2) is 4.65. The lowest BCUT2D eigenvalue weighted by Gasteiger charge is -2.36. The van der Waals surface area contributed by atoms with Crippen LogP contribution >= 0.6 is 0 Å². The summed E-state index contributed by atoms with van der Waals surface area (Å²) < 4.78 is 5.42. The van der Waals surface area contributed by atoms with Crippen molar-refractivity contribution in [3.63, 3.8) is 0 Å². The summed E-state index contributed by atoms with van der Waals surface area (Å²) in [7, 11) is 1.77. The van der Waals surface area contributed by atoms with Crippen molar-refractivity contribution < 1.29 is 4.74 Å². The summed E-state index contributed by atoms with van der Waals surface area (Å²) in [6.07, 6.45) is 3.05. The Morgan fingerprint density at radius 3 is 3.00 bits per heavy atom. The lowest BCUT2D eigenvalue weighted by molar-refractivity contribution is 0.0442. The summed E-state index contributed by atoms with van der Waals surface area (Å²) in [4.78, 5) is 10.6. The highest BCUT2D eigenvalue weighted by molar-refractivity contribution is 5.38. The molecule has 0 saturated carbocycles. The Morgan fingerprint density at radius 2 is 2.38 bits per heavy atom. The van der Waals surface area contributed by atoms with Crippen LogP contribution in [0.5, 0.6) is 0 Å². The summed E-state index contributed by atoms with van der Waals surface area (Å²) in [5.74, 6) is 1.73. The largest absolute Gasteiger partial charge is 0.384 e.